The van der Waals surface area contributed by atoms with Gasteiger partial charge in [-0.05, 0) is 35.9 Å². The van der Waals surface area contributed by atoms with Crippen molar-refractivity contribution >= 4 is 18.0 Å². The Labute approximate surface area is 87.6 Å². The number of hydrogen-bond donors (Lipinski definition) is 0. The van der Waals surface area contributed by atoms with Crippen LogP contribution in [0.2, 0.25) is 0 Å². The smallest absolute Gasteiger partial charge is 0.127 e. The number of aldehydes is 1. The minimum atomic E-state index is 0.0568. The van der Waals surface area contributed by atoms with Crippen molar-refractivity contribution in [1.29, 1.82) is 0 Å². The van der Waals surface area contributed by atoms with E-state index < -0.39 is 0 Å². The summed E-state index contributed by atoms with van der Waals surface area (Å²) >= 11 is 1.81. The maximum absolute atomic E-state index is 10.9. The molecule has 0 amide bonds. The van der Waals surface area contributed by atoms with Gasteiger partial charge >= 0.3 is 0 Å². The molecule has 0 aromatic heterocycles. The van der Waals surface area contributed by atoms with Crippen LogP contribution in [0.3, 0.4) is 0 Å². The molecule has 1 aliphatic rings. The highest BCUT2D eigenvalue weighted by Crippen LogP contribution is 2.38. The summed E-state index contributed by atoms with van der Waals surface area (Å²) in [6.45, 7) is 0. The Kier molecular flexibility index (Phi) is 2.77. The summed E-state index contributed by atoms with van der Waals surface area (Å²) in [5, 5.41) is 0. The molecule has 1 aromatic rings. The fourth-order valence-corrected chi connectivity index (χ4v) is 2.80. The number of methoxy groups -OCH3 is 1. The SMILES string of the molecule is COc1ccc2c(c1)C(C=O)CCS2. The molecule has 0 N–H and O–H groups in total. The normalized spacial score (nSPS) is 19.9. The van der Waals surface area contributed by atoms with E-state index in [0.29, 0.717) is 0 Å². The summed E-state index contributed by atoms with van der Waals surface area (Å²) < 4.78 is 5.15. The Morgan fingerprint density at radius 2 is 2.43 bits per heavy atom. The molecular formula is C11H12O2S. The molecule has 0 saturated heterocycles. The third kappa shape index (κ3) is 1.64. The standard InChI is InChI=1S/C11H12O2S/c1-13-9-2-3-11-10(6-9)8(7-12)4-5-14-11/h2-3,6-8H,4-5H2,1H3. The molecule has 1 atom stereocenters. The van der Waals surface area contributed by atoms with Gasteiger partial charge in [0, 0.05) is 10.8 Å². The second-order valence-electron chi connectivity index (χ2n) is 3.28. The first-order chi connectivity index (χ1) is 6.85. The van der Waals surface area contributed by atoms with E-state index in [1.165, 1.54) is 4.90 Å². The second-order valence-corrected chi connectivity index (χ2v) is 4.42. The molecule has 3 heteroatoms. The Hall–Kier alpha value is -0.960. The van der Waals surface area contributed by atoms with Crippen molar-refractivity contribution in [3.8, 4) is 5.75 Å². The van der Waals surface area contributed by atoms with E-state index in [4.69, 9.17) is 4.74 Å². The molecule has 1 aliphatic heterocycles. The van der Waals surface area contributed by atoms with E-state index in [0.717, 1.165) is 29.8 Å². The summed E-state index contributed by atoms with van der Waals surface area (Å²) in [5.74, 6) is 1.92. The van der Waals surface area contributed by atoms with Crippen molar-refractivity contribution < 1.29 is 9.53 Å². The Morgan fingerprint density at radius 1 is 1.57 bits per heavy atom. The average molecular weight is 208 g/mol. The number of rotatable bonds is 2. The molecule has 0 aliphatic carbocycles. The summed E-state index contributed by atoms with van der Waals surface area (Å²) in [6.07, 6.45) is 1.98. The van der Waals surface area contributed by atoms with Gasteiger partial charge in [-0.3, -0.25) is 0 Å². The summed E-state index contributed by atoms with van der Waals surface area (Å²) in [4.78, 5) is 12.1. The number of thioether (sulfide) groups is 1. The molecule has 1 aromatic carbocycles. The van der Waals surface area contributed by atoms with Crippen molar-refractivity contribution in [2.24, 2.45) is 0 Å². The molecule has 74 valence electrons. The number of ether oxygens (including phenoxy) is 1. The van der Waals surface area contributed by atoms with Crippen LogP contribution in [0.25, 0.3) is 0 Å². The number of carbonyl (C=O) groups is 1. The predicted octanol–water partition coefficient (Wildman–Crippen LogP) is 2.47. The quantitative estimate of drug-likeness (QED) is 0.698. The van der Waals surface area contributed by atoms with Gasteiger partial charge in [-0.25, -0.2) is 0 Å². The maximum Gasteiger partial charge on any atom is 0.127 e. The van der Waals surface area contributed by atoms with Gasteiger partial charge in [0.25, 0.3) is 0 Å². The van der Waals surface area contributed by atoms with Crippen LogP contribution >= 0.6 is 11.8 Å². The molecule has 1 unspecified atom stereocenters. The summed E-state index contributed by atoms with van der Waals surface area (Å²) in [5.41, 5.74) is 1.12. The molecule has 0 spiro atoms. The van der Waals surface area contributed by atoms with Crippen molar-refractivity contribution in [2.45, 2.75) is 17.2 Å². The molecule has 0 fully saturated rings. The molecule has 2 rings (SSSR count). The number of fused-ring (bicyclic) bond motifs is 1. The molecule has 2 nitrogen and oxygen atoms in total. The first-order valence-electron chi connectivity index (χ1n) is 4.61. The predicted molar refractivity (Wildman–Crippen MR) is 57.1 cm³/mol. The van der Waals surface area contributed by atoms with Crippen molar-refractivity contribution in [3.05, 3.63) is 23.8 Å². The van der Waals surface area contributed by atoms with Crippen LogP contribution < -0.4 is 4.74 Å². The first kappa shape index (κ1) is 9.59. The van der Waals surface area contributed by atoms with Crippen LogP contribution in [-0.4, -0.2) is 19.1 Å². The third-order valence-electron chi connectivity index (χ3n) is 2.47. The Balaban J connectivity index is 2.43. The van der Waals surface area contributed by atoms with Crippen LogP contribution in [-0.2, 0) is 4.79 Å². The molecule has 1 heterocycles. The average Bonchev–Trinajstić information content (AvgIpc) is 2.27. The van der Waals surface area contributed by atoms with E-state index in [9.17, 15) is 4.79 Å². The fourth-order valence-electron chi connectivity index (χ4n) is 1.67. The van der Waals surface area contributed by atoms with Gasteiger partial charge in [-0.1, -0.05) is 0 Å². The van der Waals surface area contributed by atoms with Gasteiger partial charge in [0.2, 0.25) is 0 Å². The monoisotopic (exact) mass is 208 g/mol. The Bertz CT molecular complexity index is 349. The molecule has 0 radical (unpaired) electrons. The minimum Gasteiger partial charge on any atom is -0.497 e. The topological polar surface area (TPSA) is 26.3 Å². The minimum absolute atomic E-state index is 0.0568. The number of carbonyl (C=O) groups excluding carboxylic acids is 1. The maximum atomic E-state index is 10.9. The lowest BCUT2D eigenvalue weighted by molar-refractivity contribution is -0.109. The van der Waals surface area contributed by atoms with Gasteiger partial charge < -0.3 is 9.53 Å². The summed E-state index contributed by atoms with van der Waals surface area (Å²) in [6, 6.07) is 5.95. The van der Waals surface area contributed by atoms with E-state index >= 15 is 0 Å². The van der Waals surface area contributed by atoms with Gasteiger partial charge in [0.15, 0.2) is 0 Å². The largest absolute Gasteiger partial charge is 0.497 e. The van der Waals surface area contributed by atoms with Crippen molar-refractivity contribution in [1.82, 2.24) is 0 Å². The van der Waals surface area contributed by atoms with Gasteiger partial charge in [0.05, 0.1) is 7.11 Å². The molecule has 14 heavy (non-hydrogen) atoms. The van der Waals surface area contributed by atoms with Gasteiger partial charge in [0.1, 0.15) is 12.0 Å². The van der Waals surface area contributed by atoms with E-state index in [2.05, 4.69) is 0 Å². The summed E-state index contributed by atoms with van der Waals surface area (Å²) in [7, 11) is 1.65. The van der Waals surface area contributed by atoms with E-state index in [1.807, 2.05) is 30.0 Å². The Morgan fingerprint density at radius 3 is 3.14 bits per heavy atom. The van der Waals surface area contributed by atoms with Crippen LogP contribution in [0.4, 0.5) is 0 Å². The fraction of sp³-hybridized carbons (Fsp3) is 0.364. The highest BCUT2D eigenvalue weighted by Gasteiger charge is 2.20. The lowest BCUT2D eigenvalue weighted by Crippen LogP contribution is -2.08. The highest BCUT2D eigenvalue weighted by molar-refractivity contribution is 7.99. The zero-order valence-corrected chi connectivity index (χ0v) is 8.84. The molecule has 0 saturated carbocycles. The van der Waals surface area contributed by atoms with Gasteiger partial charge in [-0.15, -0.1) is 11.8 Å². The second kappa shape index (κ2) is 4.05. The highest BCUT2D eigenvalue weighted by atomic mass is 32.2. The first-order valence-corrected chi connectivity index (χ1v) is 5.59. The molecule has 0 bridgehead atoms. The van der Waals surface area contributed by atoms with Crippen molar-refractivity contribution in [3.63, 3.8) is 0 Å². The number of benzene rings is 1. The lowest BCUT2D eigenvalue weighted by atomic mass is 9.97. The van der Waals surface area contributed by atoms with E-state index in [-0.39, 0.29) is 5.92 Å². The van der Waals surface area contributed by atoms with Crippen LogP contribution in [0, 0.1) is 0 Å². The third-order valence-corrected chi connectivity index (χ3v) is 3.59. The zero-order valence-electron chi connectivity index (χ0n) is 8.03. The van der Waals surface area contributed by atoms with Crippen LogP contribution in [0.5, 0.6) is 5.75 Å². The zero-order chi connectivity index (χ0) is 9.97. The van der Waals surface area contributed by atoms with Gasteiger partial charge in [-0.2, -0.15) is 0 Å². The lowest BCUT2D eigenvalue weighted by Gasteiger charge is -2.21. The molecular weight excluding hydrogens is 196 g/mol. The van der Waals surface area contributed by atoms with Crippen LogP contribution in [0.15, 0.2) is 23.1 Å². The van der Waals surface area contributed by atoms with Crippen LogP contribution in [0.1, 0.15) is 17.9 Å². The van der Waals surface area contributed by atoms with Crippen molar-refractivity contribution in [2.75, 3.05) is 12.9 Å². The number of hydrogen-bond acceptors (Lipinski definition) is 3. The van der Waals surface area contributed by atoms with E-state index in [1.54, 1.807) is 7.11 Å².